The third kappa shape index (κ3) is 7.54. The zero-order valence-electron chi connectivity index (χ0n) is 32.5. The fourth-order valence-corrected chi connectivity index (χ4v) is 8.36. The highest BCUT2D eigenvalue weighted by atomic mass is 16.2. The van der Waals surface area contributed by atoms with E-state index in [1.807, 2.05) is 18.2 Å². The van der Waals surface area contributed by atoms with E-state index in [9.17, 15) is 0 Å². The lowest BCUT2D eigenvalue weighted by molar-refractivity contribution is 0.399. The van der Waals surface area contributed by atoms with Gasteiger partial charge in [-0.1, -0.05) is 187 Å². The zero-order valence-corrected chi connectivity index (χ0v) is 32.5. The summed E-state index contributed by atoms with van der Waals surface area (Å²) in [5.74, 6) is 0. The molecule has 0 saturated carbocycles. The van der Waals surface area contributed by atoms with Crippen molar-refractivity contribution < 1.29 is 5.11 Å². The molecule has 1 heteroatoms. The molecule has 2 bridgehead atoms. The summed E-state index contributed by atoms with van der Waals surface area (Å²) < 4.78 is 0. The SMILES string of the molecule is CC1=CCCC=C1.CO.Cc1ccc(C2(c3ccccc3)c3ccccc3Cc3cc4c2cccc4c2cc4ccccc4cc32)cc1.Cc1ccccc1. The second-order valence-corrected chi connectivity index (χ2v) is 14.6. The first-order chi connectivity index (χ1) is 27.0. The van der Waals surface area contributed by atoms with Crippen molar-refractivity contribution in [1.82, 2.24) is 0 Å². The number of rotatable bonds is 2. The summed E-state index contributed by atoms with van der Waals surface area (Å²) >= 11 is 0. The Labute approximate surface area is 327 Å². The molecule has 1 unspecified atom stereocenters. The van der Waals surface area contributed by atoms with Crippen LogP contribution in [0.5, 0.6) is 0 Å². The molecule has 0 saturated heterocycles. The van der Waals surface area contributed by atoms with Crippen molar-refractivity contribution in [3.05, 3.63) is 238 Å². The number of benzene rings is 8. The van der Waals surface area contributed by atoms with Gasteiger partial charge in [0.05, 0.1) is 5.41 Å². The Morgan fingerprint density at radius 3 is 1.64 bits per heavy atom. The van der Waals surface area contributed by atoms with Crippen molar-refractivity contribution in [2.75, 3.05) is 7.11 Å². The molecule has 8 aromatic rings. The predicted octanol–water partition coefficient (Wildman–Crippen LogP) is 13.6. The maximum absolute atomic E-state index is 7.00. The number of hydrogen-bond acceptors (Lipinski definition) is 1. The van der Waals surface area contributed by atoms with Gasteiger partial charge in [-0.05, 0) is 124 Å². The van der Waals surface area contributed by atoms with Gasteiger partial charge in [-0.3, -0.25) is 0 Å². The second kappa shape index (κ2) is 17.0. The van der Waals surface area contributed by atoms with Gasteiger partial charge in [0.2, 0.25) is 0 Å². The molecule has 8 aromatic carbocycles. The first kappa shape index (κ1) is 37.3. The minimum atomic E-state index is -0.437. The molecule has 1 atom stereocenters. The molecule has 2 aliphatic carbocycles. The normalized spacial score (nSPS) is 15.3. The first-order valence-corrected chi connectivity index (χ1v) is 19.4. The first-order valence-electron chi connectivity index (χ1n) is 19.4. The molecule has 2 aliphatic rings. The predicted molar refractivity (Wildman–Crippen MR) is 236 cm³/mol. The van der Waals surface area contributed by atoms with Crippen LogP contribution in [0.25, 0.3) is 32.3 Å². The van der Waals surface area contributed by atoms with E-state index < -0.39 is 5.41 Å². The molecule has 55 heavy (non-hydrogen) atoms. The Morgan fingerprint density at radius 1 is 0.436 bits per heavy atom. The van der Waals surface area contributed by atoms with Gasteiger partial charge >= 0.3 is 0 Å². The lowest BCUT2D eigenvalue weighted by Gasteiger charge is -2.40. The summed E-state index contributed by atoms with van der Waals surface area (Å²) in [6.07, 6.45) is 10.0. The van der Waals surface area contributed by atoms with Crippen LogP contribution in [-0.2, 0) is 11.8 Å². The van der Waals surface area contributed by atoms with Crippen LogP contribution in [0.15, 0.2) is 194 Å². The third-order valence-electron chi connectivity index (χ3n) is 11.0. The van der Waals surface area contributed by atoms with E-state index in [0.29, 0.717) is 0 Å². The van der Waals surface area contributed by atoms with E-state index in [-0.39, 0.29) is 0 Å². The van der Waals surface area contributed by atoms with Crippen LogP contribution in [0.2, 0.25) is 0 Å². The highest BCUT2D eigenvalue weighted by Crippen LogP contribution is 2.51. The molecule has 1 N–H and O–H groups in total. The summed E-state index contributed by atoms with van der Waals surface area (Å²) in [4.78, 5) is 0. The Kier molecular flexibility index (Phi) is 11.5. The quantitative estimate of drug-likeness (QED) is 0.140. The van der Waals surface area contributed by atoms with Crippen LogP contribution in [0.3, 0.4) is 0 Å². The Bertz CT molecular complexity index is 2590. The molecular weight excluding hydrogens is 665 g/mol. The fraction of sp³-hybridized carbons (Fsp3) is 0.148. The number of aliphatic hydroxyl groups excluding tert-OH is 1. The third-order valence-corrected chi connectivity index (χ3v) is 11.0. The highest BCUT2D eigenvalue weighted by Gasteiger charge is 2.41. The van der Waals surface area contributed by atoms with Crippen molar-refractivity contribution in [2.24, 2.45) is 0 Å². The summed E-state index contributed by atoms with van der Waals surface area (Å²) in [7, 11) is 1.00. The summed E-state index contributed by atoms with van der Waals surface area (Å²) in [6.45, 7) is 6.39. The van der Waals surface area contributed by atoms with E-state index >= 15 is 0 Å². The average Bonchev–Trinajstić information content (AvgIpc) is 3.23. The topological polar surface area (TPSA) is 20.2 Å². The van der Waals surface area contributed by atoms with E-state index in [1.165, 1.54) is 95.2 Å². The standard InChI is InChI=1S/C39H28.C7H10.C7H8.CH4O/c1-26-18-20-32(21-19-26)39(31-13-3-2-4-14-31)37-16-8-7-12-29(37)22-30-25-36-33(15-9-17-38(36)39)35-24-28-11-6-5-10-27(28)23-34(30)35;2*1-7-5-3-2-4-6-7;1-2/h2-21,23-25H,22H2,1H3;3,5-6H,2,4H2,1H3;2-6H,1H3;2H,1H3. The molecule has 0 spiro atoms. The number of allylic oxidation sites excluding steroid dienone is 4. The van der Waals surface area contributed by atoms with E-state index in [2.05, 4.69) is 191 Å². The van der Waals surface area contributed by atoms with Crippen molar-refractivity contribution in [3.8, 4) is 0 Å². The fourth-order valence-electron chi connectivity index (χ4n) is 8.36. The average molecular weight is 715 g/mol. The van der Waals surface area contributed by atoms with Crippen LogP contribution in [0, 0.1) is 13.8 Å². The van der Waals surface area contributed by atoms with Crippen LogP contribution >= 0.6 is 0 Å². The molecule has 0 radical (unpaired) electrons. The number of aliphatic hydroxyl groups is 1. The minimum Gasteiger partial charge on any atom is -0.400 e. The Hall–Kier alpha value is -6.02. The number of fused-ring (bicyclic) bond motifs is 6. The molecule has 0 amide bonds. The summed E-state index contributed by atoms with van der Waals surface area (Å²) in [6, 6.07) is 62.7. The van der Waals surface area contributed by atoms with Crippen molar-refractivity contribution >= 4 is 32.3 Å². The van der Waals surface area contributed by atoms with Crippen molar-refractivity contribution in [2.45, 2.75) is 45.4 Å². The molecular formula is C54H50O. The van der Waals surface area contributed by atoms with Crippen molar-refractivity contribution in [3.63, 3.8) is 0 Å². The number of hydrogen-bond donors (Lipinski definition) is 1. The van der Waals surface area contributed by atoms with Crippen LogP contribution < -0.4 is 0 Å². The van der Waals surface area contributed by atoms with Gasteiger partial charge in [-0.2, -0.15) is 0 Å². The molecule has 10 rings (SSSR count). The molecule has 1 nitrogen and oxygen atoms in total. The van der Waals surface area contributed by atoms with Gasteiger partial charge in [0.25, 0.3) is 0 Å². The largest absolute Gasteiger partial charge is 0.400 e. The zero-order chi connectivity index (χ0) is 38.2. The molecule has 0 aliphatic heterocycles. The Morgan fingerprint density at radius 2 is 1.02 bits per heavy atom. The maximum atomic E-state index is 7.00. The lowest BCUT2D eigenvalue weighted by atomic mass is 9.61. The molecule has 0 fully saturated rings. The van der Waals surface area contributed by atoms with Gasteiger partial charge in [0, 0.05) is 7.11 Å². The number of aryl methyl sites for hydroxylation is 2. The molecule has 272 valence electrons. The van der Waals surface area contributed by atoms with Crippen LogP contribution in [0.4, 0.5) is 0 Å². The lowest BCUT2D eigenvalue weighted by Crippen LogP contribution is -2.33. The van der Waals surface area contributed by atoms with Crippen LogP contribution in [-0.4, -0.2) is 12.2 Å². The van der Waals surface area contributed by atoms with E-state index in [4.69, 9.17) is 5.11 Å². The monoisotopic (exact) mass is 714 g/mol. The smallest absolute Gasteiger partial charge is 0.0710 e. The van der Waals surface area contributed by atoms with Gasteiger partial charge in [-0.15, -0.1) is 0 Å². The maximum Gasteiger partial charge on any atom is 0.0710 e. The second-order valence-electron chi connectivity index (χ2n) is 14.6. The summed E-state index contributed by atoms with van der Waals surface area (Å²) in [5, 5.41) is 15.0. The molecule has 0 heterocycles. The van der Waals surface area contributed by atoms with Crippen LogP contribution in [0.1, 0.15) is 64.3 Å². The van der Waals surface area contributed by atoms with E-state index in [1.54, 1.807) is 0 Å². The molecule has 0 aromatic heterocycles. The minimum absolute atomic E-state index is 0.437. The van der Waals surface area contributed by atoms with Gasteiger partial charge in [0.1, 0.15) is 0 Å². The van der Waals surface area contributed by atoms with Gasteiger partial charge in [0.15, 0.2) is 0 Å². The van der Waals surface area contributed by atoms with Crippen molar-refractivity contribution in [1.29, 1.82) is 0 Å². The summed E-state index contributed by atoms with van der Waals surface area (Å²) in [5.41, 5.74) is 11.7. The van der Waals surface area contributed by atoms with E-state index in [0.717, 1.165) is 13.5 Å². The Balaban J connectivity index is 0.000000243. The highest BCUT2D eigenvalue weighted by molar-refractivity contribution is 6.15. The van der Waals surface area contributed by atoms with Gasteiger partial charge in [-0.25, -0.2) is 0 Å². The van der Waals surface area contributed by atoms with Gasteiger partial charge < -0.3 is 5.11 Å².